The Bertz CT molecular complexity index is 603. The van der Waals surface area contributed by atoms with Crippen LogP contribution in [0.25, 0.3) is 0 Å². The summed E-state index contributed by atoms with van der Waals surface area (Å²) in [6.07, 6.45) is 0.0663. The van der Waals surface area contributed by atoms with Crippen molar-refractivity contribution in [2.45, 2.75) is 13.3 Å². The van der Waals surface area contributed by atoms with E-state index in [1.807, 2.05) is 25.1 Å². The average Bonchev–Trinajstić information content (AvgIpc) is 2.37. The fourth-order valence-corrected chi connectivity index (χ4v) is 1.83. The number of benzene rings is 2. The summed E-state index contributed by atoms with van der Waals surface area (Å²) in [7, 11) is 0. The summed E-state index contributed by atoms with van der Waals surface area (Å²) in [5.74, 6) is -1.19. The summed E-state index contributed by atoms with van der Waals surface area (Å²) < 4.78 is 31.4. The van der Waals surface area contributed by atoms with Gasteiger partial charge in [-0.1, -0.05) is 12.1 Å². The summed E-state index contributed by atoms with van der Waals surface area (Å²) in [4.78, 5) is 11.8. The Kier molecular flexibility index (Phi) is 4.45. The highest BCUT2D eigenvalue weighted by Gasteiger charge is 2.09. The molecule has 2 aromatic carbocycles. The van der Waals surface area contributed by atoms with Gasteiger partial charge >= 0.3 is 0 Å². The molecule has 0 amide bonds. The monoisotopic (exact) mass is 276 g/mol. The molecular formula is C16H14F2O2. The number of Topliss-reactive ketones (excluding diaryl/α,β-unsaturated/α-hetero) is 1. The molecule has 0 radical (unpaired) electrons. The lowest BCUT2D eigenvalue weighted by atomic mass is 10.1. The molecule has 2 aromatic rings. The average molecular weight is 276 g/mol. The summed E-state index contributed by atoms with van der Waals surface area (Å²) in [6.45, 7) is 2.11. The van der Waals surface area contributed by atoms with Crippen LogP contribution in [0.15, 0.2) is 42.5 Å². The van der Waals surface area contributed by atoms with Crippen LogP contribution in [0.4, 0.5) is 8.78 Å². The van der Waals surface area contributed by atoms with E-state index in [4.69, 9.17) is 4.74 Å². The van der Waals surface area contributed by atoms with Gasteiger partial charge in [0.2, 0.25) is 0 Å². The summed E-state index contributed by atoms with van der Waals surface area (Å²) in [5, 5.41) is 0. The summed E-state index contributed by atoms with van der Waals surface area (Å²) >= 11 is 0. The van der Waals surface area contributed by atoms with Crippen molar-refractivity contribution in [2.75, 3.05) is 6.61 Å². The number of hydrogen-bond acceptors (Lipinski definition) is 2. The van der Waals surface area contributed by atoms with Gasteiger partial charge in [-0.15, -0.1) is 0 Å². The molecule has 0 aliphatic carbocycles. The molecule has 0 atom stereocenters. The first-order valence-corrected chi connectivity index (χ1v) is 6.23. The van der Waals surface area contributed by atoms with Gasteiger partial charge in [0.25, 0.3) is 0 Å². The van der Waals surface area contributed by atoms with Crippen LogP contribution in [-0.4, -0.2) is 12.4 Å². The van der Waals surface area contributed by atoms with Gasteiger partial charge in [0, 0.05) is 18.1 Å². The first-order valence-electron chi connectivity index (χ1n) is 6.23. The Morgan fingerprint density at radius 3 is 2.45 bits per heavy atom. The maximum Gasteiger partial charge on any atom is 0.166 e. The molecule has 0 aliphatic rings. The number of halogens is 2. The second kappa shape index (κ2) is 6.28. The number of carbonyl (C=O) groups excluding carboxylic acids is 1. The van der Waals surface area contributed by atoms with E-state index in [2.05, 4.69) is 0 Å². The van der Waals surface area contributed by atoms with Crippen molar-refractivity contribution in [2.24, 2.45) is 0 Å². The Morgan fingerprint density at radius 1 is 1.10 bits per heavy atom. The van der Waals surface area contributed by atoms with Crippen molar-refractivity contribution >= 4 is 5.78 Å². The molecule has 0 fully saturated rings. The van der Waals surface area contributed by atoms with Gasteiger partial charge in [-0.2, -0.15) is 0 Å². The van der Waals surface area contributed by atoms with Gasteiger partial charge in [-0.05, 0) is 36.8 Å². The van der Waals surface area contributed by atoms with Crippen LogP contribution < -0.4 is 4.74 Å². The van der Waals surface area contributed by atoms with Gasteiger partial charge in [0.1, 0.15) is 17.4 Å². The molecule has 0 aromatic heterocycles. The van der Waals surface area contributed by atoms with Crippen molar-refractivity contribution < 1.29 is 18.3 Å². The minimum Gasteiger partial charge on any atom is -0.493 e. The molecule has 104 valence electrons. The van der Waals surface area contributed by atoms with Crippen molar-refractivity contribution in [3.63, 3.8) is 0 Å². The van der Waals surface area contributed by atoms with Gasteiger partial charge in [0.05, 0.1) is 6.61 Å². The Hall–Kier alpha value is -2.23. The number of ether oxygens (including phenoxy) is 1. The molecule has 2 rings (SSSR count). The van der Waals surface area contributed by atoms with Gasteiger partial charge in [-0.25, -0.2) is 8.78 Å². The summed E-state index contributed by atoms with van der Waals surface area (Å²) in [5.41, 5.74) is 1.08. The molecule has 0 N–H and O–H groups in total. The number of rotatable bonds is 5. The van der Waals surface area contributed by atoms with Gasteiger partial charge in [0.15, 0.2) is 5.78 Å². The molecule has 0 heterocycles. The number of ketones is 1. The van der Waals surface area contributed by atoms with E-state index in [0.29, 0.717) is 5.75 Å². The SMILES string of the molecule is Cc1cccc(OCCC(=O)c2cc(F)cc(F)c2)c1. The van der Waals surface area contributed by atoms with Crippen LogP contribution in [0.5, 0.6) is 5.75 Å². The van der Waals surface area contributed by atoms with Crippen LogP contribution in [-0.2, 0) is 0 Å². The summed E-state index contributed by atoms with van der Waals surface area (Å²) in [6, 6.07) is 10.2. The predicted molar refractivity (Wildman–Crippen MR) is 72.0 cm³/mol. The second-order valence-corrected chi connectivity index (χ2v) is 4.50. The van der Waals surface area contributed by atoms with Crippen LogP contribution in [0.2, 0.25) is 0 Å². The zero-order valence-corrected chi connectivity index (χ0v) is 11.0. The lowest BCUT2D eigenvalue weighted by Gasteiger charge is -2.06. The van der Waals surface area contributed by atoms with Gasteiger partial charge < -0.3 is 4.74 Å². The minimum atomic E-state index is -0.757. The van der Waals surface area contributed by atoms with E-state index in [-0.39, 0.29) is 24.4 Å². The van der Waals surface area contributed by atoms with E-state index in [1.54, 1.807) is 6.07 Å². The minimum absolute atomic E-state index is 0.0235. The lowest BCUT2D eigenvalue weighted by molar-refractivity contribution is 0.0961. The van der Waals surface area contributed by atoms with Crippen molar-refractivity contribution in [3.05, 3.63) is 65.2 Å². The molecule has 2 nitrogen and oxygen atoms in total. The van der Waals surface area contributed by atoms with Crippen LogP contribution in [0, 0.1) is 18.6 Å². The Morgan fingerprint density at radius 2 is 1.80 bits per heavy atom. The van der Waals surface area contributed by atoms with Crippen molar-refractivity contribution in [1.29, 1.82) is 0 Å². The van der Waals surface area contributed by atoms with E-state index in [9.17, 15) is 13.6 Å². The third-order valence-electron chi connectivity index (χ3n) is 2.77. The topological polar surface area (TPSA) is 26.3 Å². The second-order valence-electron chi connectivity index (χ2n) is 4.50. The highest BCUT2D eigenvalue weighted by atomic mass is 19.1. The number of aryl methyl sites for hydroxylation is 1. The van der Waals surface area contributed by atoms with Crippen LogP contribution >= 0.6 is 0 Å². The third kappa shape index (κ3) is 3.88. The maximum absolute atomic E-state index is 13.0. The van der Waals surface area contributed by atoms with Crippen LogP contribution in [0.3, 0.4) is 0 Å². The smallest absolute Gasteiger partial charge is 0.166 e. The molecule has 4 heteroatoms. The molecule has 0 saturated carbocycles. The Balaban J connectivity index is 1.92. The molecule has 0 unspecified atom stereocenters. The fourth-order valence-electron chi connectivity index (χ4n) is 1.83. The highest BCUT2D eigenvalue weighted by molar-refractivity contribution is 5.96. The number of carbonyl (C=O) groups is 1. The lowest BCUT2D eigenvalue weighted by Crippen LogP contribution is -2.07. The standard InChI is InChI=1S/C16H14F2O2/c1-11-3-2-4-15(7-11)20-6-5-16(19)12-8-13(17)10-14(18)9-12/h2-4,7-10H,5-6H2,1H3. The highest BCUT2D eigenvalue weighted by Crippen LogP contribution is 2.14. The zero-order valence-electron chi connectivity index (χ0n) is 11.0. The fraction of sp³-hybridized carbons (Fsp3) is 0.188. The molecule has 0 saturated heterocycles. The largest absolute Gasteiger partial charge is 0.493 e. The first-order chi connectivity index (χ1) is 9.54. The molecular weight excluding hydrogens is 262 g/mol. The number of hydrogen-bond donors (Lipinski definition) is 0. The molecule has 0 spiro atoms. The molecule has 0 aliphatic heterocycles. The van der Waals surface area contributed by atoms with Crippen molar-refractivity contribution in [1.82, 2.24) is 0 Å². The van der Waals surface area contributed by atoms with Crippen LogP contribution in [0.1, 0.15) is 22.3 Å². The first kappa shape index (κ1) is 14.2. The van der Waals surface area contributed by atoms with Crippen molar-refractivity contribution in [3.8, 4) is 5.75 Å². The van der Waals surface area contributed by atoms with Gasteiger partial charge in [-0.3, -0.25) is 4.79 Å². The molecule has 0 bridgehead atoms. The molecule has 20 heavy (non-hydrogen) atoms. The normalized spacial score (nSPS) is 10.3. The zero-order chi connectivity index (χ0) is 14.5. The quantitative estimate of drug-likeness (QED) is 0.773. The van der Waals surface area contributed by atoms with E-state index in [1.165, 1.54) is 0 Å². The Labute approximate surface area is 116 Å². The predicted octanol–water partition coefficient (Wildman–Crippen LogP) is 3.93. The third-order valence-corrected chi connectivity index (χ3v) is 2.77. The van der Waals surface area contributed by atoms with E-state index < -0.39 is 11.6 Å². The maximum atomic E-state index is 13.0. The van der Waals surface area contributed by atoms with E-state index in [0.717, 1.165) is 23.8 Å². The van der Waals surface area contributed by atoms with E-state index >= 15 is 0 Å².